The Morgan fingerprint density at radius 1 is 0.964 bits per heavy atom. The highest BCUT2D eigenvalue weighted by molar-refractivity contribution is 5.49. The average molecular weight is 390 g/mol. The molecule has 0 aliphatic carbocycles. The number of alkyl halides is 3. The second-order valence-corrected chi connectivity index (χ2v) is 7.47. The Morgan fingerprint density at radius 2 is 1.75 bits per heavy atom. The minimum Gasteiger partial charge on any atom is -0.373 e. The van der Waals surface area contributed by atoms with Crippen molar-refractivity contribution in [2.45, 2.75) is 25.1 Å². The molecule has 0 amide bonds. The van der Waals surface area contributed by atoms with Crippen LogP contribution in [0.2, 0.25) is 0 Å². The van der Waals surface area contributed by atoms with Crippen molar-refractivity contribution in [2.24, 2.45) is 0 Å². The van der Waals surface area contributed by atoms with Crippen molar-refractivity contribution in [1.82, 2.24) is 4.90 Å². The van der Waals surface area contributed by atoms with Crippen LogP contribution in [-0.2, 0) is 17.3 Å². The molecule has 2 aromatic rings. The number of anilines is 1. The first-order chi connectivity index (χ1) is 13.5. The fourth-order valence-corrected chi connectivity index (χ4v) is 4.12. The second-order valence-electron chi connectivity index (χ2n) is 7.47. The second kappa shape index (κ2) is 8.13. The van der Waals surface area contributed by atoms with Crippen LogP contribution in [0.1, 0.15) is 29.2 Å². The molecule has 2 aliphatic heterocycles. The zero-order valence-corrected chi connectivity index (χ0v) is 15.8. The van der Waals surface area contributed by atoms with Crippen LogP contribution in [0.4, 0.5) is 18.9 Å². The van der Waals surface area contributed by atoms with Gasteiger partial charge in [-0.25, -0.2) is 0 Å². The van der Waals surface area contributed by atoms with Gasteiger partial charge in [0.25, 0.3) is 0 Å². The smallest absolute Gasteiger partial charge is 0.373 e. The molecular formula is C22H25F3N2O. The van der Waals surface area contributed by atoms with E-state index in [9.17, 15) is 13.2 Å². The van der Waals surface area contributed by atoms with Crippen molar-refractivity contribution in [1.29, 1.82) is 0 Å². The van der Waals surface area contributed by atoms with Crippen LogP contribution < -0.4 is 4.90 Å². The number of rotatable bonds is 4. The third kappa shape index (κ3) is 4.33. The molecule has 2 heterocycles. The van der Waals surface area contributed by atoms with Gasteiger partial charge in [-0.1, -0.05) is 30.3 Å². The molecule has 3 nitrogen and oxygen atoms in total. The molecule has 150 valence electrons. The highest BCUT2D eigenvalue weighted by atomic mass is 19.4. The molecule has 6 heteroatoms. The Hall–Kier alpha value is -2.05. The van der Waals surface area contributed by atoms with Crippen LogP contribution in [0, 0.1) is 0 Å². The van der Waals surface area contributed by atoms with E-state index in [0.29, 0.717) is 5.69 Å². The van der Waals surface area contributed by atoms with E-state index in [4.69, 9.17) is 4.74 Å². The molecule has 0 bridgehead atoms. The fourth-order valence-electron chi connectivity index (χ4n) is 4.12. The lowest BCUT2D eigenvalue weighted by Crippen LogP contribution is -2.47. The molecule has 0 spiro atoms. The van der Waals surface area contributed by atoms with E-state index in [1.54, 1.807) is 6.07 Å². The number of nitrogens with zero attached hydrogens (tertiary/aromatic N) is 2. The van der Waals surface area contributed by atoms with Gasteiger partial charge in [0.2, 0.25) is 0 Å². The lowest BCUT2D eigenvalue weighted by Gasteiger charge is -2.37. The van der Waals surface area contributed by atoms with Gasteiger partial charge < -0.3 is 9.64 Å². The molecule has 0 aromatic heterocycles. The van der Waals surface area contributed by atoms with Gasteiger partial charge in [-0.05, 0) is 42.2 Å². The minimum absolute atomic E-state index is 0.145. The third-order valence-corrected chi connectivity index (χ3v) is 5.71. The van der Waals surface area contributed by atoms with Gasteiger partial charge in [0.1, 0.15) is 0 Å². The topological polar surface area (TPSA) is 15.7 Å². The molecule has 1 saturated heterocycles. The van der Waals surface area contributed by atoms with Gasteiger partial charge in [0.05, 0.1) is 18.3 Å². The molecule has 0 radical (unpaired) electrons. The molecule has 1 atom stereocenters. The van der Waals surface area contributed by atoms with Crippen LogP contribution in [-0.4, -0.2) is 44.2 Å². The van der Waals surface area contributed by atoms with Crippen LogP contribution in [0.15, 0.2) is 48.5 Å². The van der Waals surface area contributed by atoms with Crippen molar-refractivity contribution in [3.8, 4) is 0 Å². The fraction of sp³-hybridized carbons (Fsp3) is 0.455. The summed E-state index contributed by atoms with van der Waals surface area (Å²) in [7, 11) is 0. The average Bonchev–Trinajstić information content (AvgIpc) is 2.72. The van der Waals surface area contributed by atoms with Gasteiger partial charge >= 0.3 is 6.18 Å². The van der Waals surface area contributed by atoms with Crippen LogP contribution in [0.3, 0.4) is 0 Å². The summed E-state index contributed by atoms with van der Waals surface area (Å²) < 4.78 is 44.8. The maximum Gasteiger partial charge on any atom is 0.416 e. The number of hydrogen-bond donors (Lipinski definition) is 0. The van der Waals surface area contributed by atoms with Gasteiger partial charge in [-0.2, -0.15) is 13.2 Å². The Kier molecular flexibility index (Phi) is 5.60. The largest absolute Gasteiger partial charge is 0.416 e. The maximum absolute atomic E-state index is 12.9. The number of piperazine rings is 1. The van der Waals surface area contributed by atoms with E-state index in [-0.39, 0.29) is 6.10 Å². The normalized spacial score (nSPS) is 20.8. The predicted molar refractivity (Wildman–Crippen MR) is 104 cm³/mol. The van der Waals surface area contributed by atoms with Gasteiger partial charge in [0.15, 0.2) is 0 Å². The summed E-state index contributed by atoms with van der Waals surface area (Å²) in [6, 6.07) is 14.1. The Balaban J connectivity index is 1.31. The van der Waals surface area contributed by atoms with Crippen LogP contribution in [0.25, 0.3) is 0 Å². The first kappa shape index (κ1) is 19.3. The van der Waals surface area contributed by atoms with E-state index in [1.165, 1.54) is 23.3 Å². The first-order valence-electron chi connectivity index (χ1n) is 9.85. The van der Waals surface area contributed by atoms with E-state index in [2.05, 4.69) is 29.2 Å². The summed E-state index contributed by atoms with van der Waals surface area (Å²) in [4.78, 5) is 4.42. The molecule has 0 N–H and O–H groups in total. The predicted octanol–water partition coefficient (Wildman–Crippen LogP) is 4.53. The van der Waals surface area contributed by atoms with Crippen molar-refractivity contribution in [2.75, 3.05) is 44.2 Å². The third-order valence-electron chi connectivity index (χ3n) is 5.71. The molecule has 2 aromatic carbocycles. The summed E-state index contributed by atoms with van der Waals surface area (Å²) in [5, 5.41) is 0. The summed E-state index contributed by atoms with van der Waals surface area (Å²) in [6.07, 6.45) is -2.23. The van der Waals surface area contributed by atoms with E-state index < -0.39 is 11.7 Å². The maximum atomic E-state index is 12.9. The zero-order chi connectivity index (χ0) is 19.6. The number of hydrogen-bond acceptors (Lipinski definition) is 3. The van der Waals surface area contributed by atoms with Crippen molar-refractivity contribution in [3.05, 3.63) is 65.2 Å². The van der Waals surface area contributed by atoms with Crippen molar-refractivity contribution >= 4 is 5.69 Å². The van der Waals surface area contributed by atoms with Crippen molar-refractivity contribution < 1.29 is 17.9 Å². The lowest BCUT2D eigenvalue weighted by atomic mass is 9.95. The molecule has 2 aliphatic rings. The highest BCUT2D eigenvalue weighted by Crippen LogP contribution is 2.32. The Labute approximate surface area is 163 Å². The number of ether oxygens (including phenoxy) is 1. The SMILES string of the molecule is FC(F)(F)c1cccc(N2CCN(CCC3OCCc4ccccc43)CC2)c1. The number of halogens is 3. The lowest BCUT2D eigenvalue weighted by molar-refractivity contribution is -0.137. The summed E-state index contributed by atoms with van der Waals surface area (Å²) in [5.74, 6) is 0. The quantitative estimate of drug-likeness (QED) is 0.763. The Bertz CT molecular complexity index is 800. The molecule has 1 unspecified atom stereocenters. The summed E-state index contributed by atoms with van der Waals surface area (Å²) in [6.45, 7) is 4.89. The molecule has 28 heavy (non-hydrogen) atoms. The van der Waals surface area contributed by atoms with E-state index >= 15 is 0 Å². The molecule has 1 fully saturated rings. The molecular weight excluding hydrogens is 365 g/mol. The zero-order valence-electron chi connectivity index (χ0n) is 15.8. The van der Waals surface area contributed by atoms with E-state index in [0.717, 1.165) is 58.2 Å². The number of benzene rings is 2. The standard InChI is InChI=1S/C22H25F3N2O/c23-22(24,25)18-5-3-6-19(16-18)27-13-11-26(12-14-27)10-8-21-20-7-2-1-4-17(20)9-15-28-21/h1-7,16,21H,8-15H2. The van der Waals surface area contributed by atoms with Crippen LogP contribution in [0.5, 0.6) is 0 Å². The summed E-state index contributed by atoms with van der Waals surface area (Å²) >= 11 is 0. The van der Waals surface area contributed by atoms with Gasteiger partial charge in [0, 0.05) is 38.4 Å². The van der Waals surface area contributed by atoms with E-state index in [1.807, 2.05) is 4.90 Å². The first-order valence-corrected chi connectivity index (χ1v) is 9.85. The Morgan fingerprint density at radius 3 is 2.54 bits per heavy atom. The van der Waals surface area contributed by atoms with Gasteiger partial charge in [-0.15, -0.1) is 0 Å². The monoisotopic (exact) mass is 390 g/mol. The molecule has 4 rings (SSSR count). The minimum atomic E-state index is -4.30. The highest BCUT2D eigenvalue weighted by Gasteiger charge is 2.31. The van der Waals surface area contributed by atoms with Crippen LogP contribution >= 0.6 is 0 Å². The summed E-state index contributed by atoms with van der Waals surface area (Å²) in [5.41, 5.74) is 2.75. The van der Waals surface area contributed by atoms with Crippen molar-refractivity contribution in [3.63, 3.8) is 0 Å². The van der Waals surface area contributed by atoms with Gasteiger partial charge in [-0.3, -0.25) is 4.90 Å². The number of fused-ring (bicyclic) bond motifs is 1. The molecule has 0 saturated carbocycles.